The molecule has 0 aliphatic carbocycles. The molecular formula is C19H20FN3O2. The maximum absolute atomic E-state index is 15.0. The maximum atomic E-state index is 15.0. The number of halogens is 1. The number of aromatic nitrogens is 1. The fourth-order valence-electron chi connectivity index (χ4n) is 3.69. The molecule has 0 bridgehead atoms. The Bertz CT molecular complexity index is 839. The van der Waals surface area contributed by atoms with Crippen LogP contribution in [0.3, 0.4) is 0 Å². The number of hydrogen-bond acceptors (Lipinski definition) is 4. The SMILES string of the molecule is C[C@H]1NC(=O)c2ccc(-c3cc(CN4CC[C@H](O)C4)ccn3)c(F)c21. The first-order valence-electron chi connectivity index (χ1n) is 8.52. The third kappa shape index (κ3) is 2.92. The minimum atomic E-state index is -0.385. The molecule has 1 aromatic heterocycles. The highest BCUT2D eigenvalue weighted by atomic mass is 19.1. The van der Waals surface area contributed by atoms with Crippen LogP contribution in [-0.4, -0.2) is 40.1 Å². The summed E-state index contributed by atoms with van der Waals surface area (Å²) in [5.74, 6) is -0.619. The molecule has 130 valence electrons. The molecule has 1 fully saturated rings. The number of fused-ring (bicyclic) bond motifs is 1. The third-order valence-electron chi connectivity index (χ3n) is 4.96. The van der Waals surface area contributed by atoms with Gasteiger partial charge < -0.3 is 10.4 Å². The second-order valence-corrected chi connectivity index (χ2v) is 6.81. The monoisotopic (exact) mass is 341 g/mol. The molecule has 2 atom stereocenters. The van der Waals surface area contributed by atoms with Crippen LogP contribution in [0.15, 0.2) is 30.5 Å². The first-order chi connectivity index (χ1) is 12.0. The lowest BCUT2D eigenvalue weighted by Crippen LogP contribution is -2.21. The molecule has 1 amide bonds. The fourth-order valence-corrected chi connectivity index (χ4v) is 3.69. The molecule has 0 unspecified atom stereocenters. The van der Waals surface area contributed by atoms with Gasteiger partial charge in [0.25, 0.3) is 5.91 Å². The first-order valence-corrected chi connectivity index (χ1v) is 8.52. The number of amides is 1. The number of β-amino-alcohol motifs (C(OH)–C–C–N with tert-alkyl or cyclic N) is 1. The van der Waals surface area contributed by atoms with Gasteiger partial charge in [0, 0.05) is 42.5 Å². The Kier molecular flexibility index (Phi) is 4.01. The lowest BCUT2D eigenvalue weighted by Gasteiger charge is -2.15. The summed E-state index contributed by atoms with van der Waals surface area (Å²) in [7, 11) is 0. The number of nitrogens with one attached hydrogen (secondary N) is 1. The summed E-state index contributed by atoms with van der Waals surface area (Å²) < 4.78 is 15.0. The Labute approximate surface area is 145 Å². The third-order valence-corrected chi connectivity index (χ3v) is 4.96. The van der Waals surface area contributed by atoms with E-state index in [-0.39, 0.29) is 23.9 Å². The predicted molar refractivity (Wildman–Crippen MR) is 91.4 cm³/mol. The molecule has 2 aliphatic heterocycles. The van der Waals surface area contributed by atoms with E-state index in [4.69, 9.17) is 0 Å². The Hall–Kier alpha value is -2.31. The van der Waals surface area contributed by atoms with E-state index in [2.05, 4.69) is 15.2 Å². The second kappa shape index (κ2) is 6.20. The van der Waals surface area contributed by atoms with Crippen LogP contribution in [-0.2, 0) is 6.54 Å². The summed E-state index contributed by atoms with van der Waals surface area (Å²) in [4.78, 5) is 18.3. The summed E-state index contributed by atoms with van der Waals surface area (Å²) in [5, 5.41) is 12.4. The van der Waals surface area contributed by atoms with Gasteiger partial charge in [0.15, 0.2) is 0 Å². The zero-order chi connectivity index (χ0) is 17.6. The largest absolute Gasteiger partial charge is 0.392 e. The number of carbonyl (C=O) groups is 1. The molecule has 2 aliphatic rings. The molecular weight excluding hydrogens is 321 g/mol. The van der Waals surface area contributed by atoms with Crippen molar-refractivity contribution in [3.8, 4) is 11.3 Å². The standard InChI is InChI=1S/C19H20FN3O2/c1-11-17-15(19(25)22-11)3-2-14(18(17)20)16-8-12(4-6-21-16)9-23-7-5-13(24)10-23/h2-4,6,8,11,13,24H,5,7,9-10H2,1H3,(H,22,25)/t11-,13+/m1/s1. The van der Waals surface area contributed by atoms with E-state index in [9.17, 15) is 14.3 Å². The van der Waals surface area contributed by atoms with Crippen molar-refractivity contribution >= 4 is 5.91 Å². The highest BCUT2D eigenvalue weighted by Gasteiger charge is 2.30. The fraction of sp³-hybridized carbons (Fsp3) is 0.368. The average molecular weight is 341 g/mol. The van der Waals surface area contributed by atoms with Crippen molar-refractivity contribution in [2.75, 3.05) is 13.1 Å². The van der Waals surface area contributed by atoms with Crippen molar-refractivity contribution < 1.29 is 14.3 Å². The number of aliphatic hydroxyl groups excluding tert-OH is 1. The van der Waals surface area contributed by atoms with Gasteiger partial charge in [-0.15, -0.1) is 0 Å². The van der Waals surface area contributed by atoms with Crippen LogP contribution in [0.1, 0.15) is 40.9 Å². The van der Waals surface area contributed by atoms with Crippen LogP contribution >= 0.6 is 0 Å². The Morgan fingerprint density at radius 3 is 2.92 bits per heavy atom. The van der Waals surface area contributed by atoms with Crippen LogP contribution < -0.4 is 5.32 Å². The van der Waals surface area contributed by atoms with Gasteiger partial charge in [-0.2, -0.15) is 0 Å². The van der Waals surface area contributed by atoms with Gasteiger partial charge in [0.2, 0.25) is 0 Å². The van der Waals surface area contributed by atoms with Gasteiger partial charge in [-0.05, 0) is 43.2 Å². The molecule has 1 saturated heterocycles. The van der Waals surface area contributed by atoms with Crippen molar-refractivity contribution in [2.45, 2.75) is 32.0 Å². The minimum absolute atomic E-state index is 0.234. The molecule has 5 nitrogen and oxygen atoms in total. The average Bonchev–Trinajstić information content (AvgIpc) is 3.11. The Morgan fingerprint density at radius 1 is 1.36 bits per heavy atom. The van der Waals surface area contributed by atoms with Gasteiger partial charge >= 0.3 is 0 Å². The molecule has 25 heavy (non-hydrogen) atoms. The number of aliphatic hydroxyl groups is 1. The highest BCUT2D eigenvalue weighted by molar-refractivity contribution is 5.99. The molecule has 6 heteroatoms. The van der Waals surface area contributed by atoms with E-state index in [1.807, 2.05) is 12.1 Å². The summed E-state index contributed by atoms with van der Waals surface area (Å²) in [6.45, 7) is 4.00. The van der Waals surface area contributed by atoms with Crippen LogP contribution in [0.4, 0.5) is 4.39 Å². The molecule has 1 aromatic carbocycles. The van der Waals surface area contributed by atoms with E-state index in [0.29, 0.717) is 35.5 Å². The summed E-state index contributed by atoms with van der Waals surface area (Å²) in [6.07, 6.45) is 2.20. The van der Waals surface area contributed by atoms with E-state index < -0.39 is 0 Å². The summed E-state index contributed by atoms with van der Waals surface area (Å²) in [5.41, 5.74) is 2.81. The lowest BCUT2D eigenvalue weighted by molar-refractivity contribution is 0.0958. The van der Waals surface area contributed by atoms with E-state index in [1.54, 1.807) is 25.3 Å². The Balaban J connectivity index is 1.66. The number of likely N-dealkylation sites (tertiary alicyclic amines) is 1. The lowest BCUT2D eigenvalue weighted by atomic mass is 9.98. The van der Waals surface area contributed by atoms with Gasteiger partial charge in [-0.25, -0.2) is 4.39 Å². The summed E-state index contributed by atoms with van der Waals surface area (Å²) >= 11 is 0. The van der Waals surface area contributed by atoms with Crippen LogP contribution in [0.25, 0.3) is 11.3 Å². The number of pyridine rings is 1. The topological polar surface area (TPSA) is 65.5 Å². The number of carbonyl (C=O) groups excluding carboxylic acids is 1. The predicted octanol–water partition coefficient (Wildman–Crippen LogP) is 2.26. The van der Waals surface area contributed by atoms with Crippen LogP contribution in [0, 0.1) is 5.82 Å². The van der Waals surface area contributed by atoms with Crippen LogP contribution in [0.5, 0.6) is 0 Å². The number of nitrogens with zero attached hydrogens (tertiary/aromatic N) is 2. The second-order valence-electron chi connectivity index (χ2n) is 6.81. The molecule has 4 rings (SSSR count). The number of rotatable bonds is 3. The normalized spacial score (nSPS) is 22.9. The maximum Gasteiger partial charge on any atom is 0.252 e. The van der Waals surface area contributed by atoms with Crippen LogP contribution in [0.2, 0.25) is 0 Å². The van der Waals surface area contributed by atoms with E-state index >= 15 is 0 Å². The molecule has 0 saturated carbocycles. The molecule has 2 aromatic rings. The van der Waals surface area contributed by atoms with E-state index in [0.717, 1.165) is 18.5 Å². The zero-order valence-electron chi connectivity index (χ0n) is 14.0. The minimum Gasteiger partial charge on any atom is -0.392 e. The number of benzene rings is 1. The van der Waals surface area contributed by atoms with Crippen molar-refractivity contribution in [1.82, 2.24) is 15.2 Å². The molecule has 2 N–H and O–H groups in total. The van der Waals surface area contributed by atoms with Crippen molar-refractivity contribution in [3.05, 3.63) is 53.0 Å². The number of hydrogen-bond donors (Lipinski definition) is 2. The molecule has 3 heterocycles. The zero-order valence-corrected chi connectivity index (χ0v) is 14.0. The Morgan fingerprint density at radius 2 is 2.16 bits per heavy atom. The van der Waals surface area contributed by atoms with E-state index in [1.165, 1.54) is 0 Å². The van der Waals surface area contributed by atoms with Crippen molar-refractivity contribution in [2.24, 2.45) is 0 Å². The molecule has 0 spiro atoms. The first kappa shape index (κ1) is 16.2. The molecule has 0 radical (unpaired) electrons. The van der Waals surface area contributed by atoms with Crippen molar-refractivity contribution in [1.29, 1.82) is 0 Å². The quantitative estimate of drug-likeness (QED) is 0.899. The van der Waals surface area contributed by atoms with Gasteiger partial charge in [-0.1, -0.05) is 0 Å². The smallest absolute Gasteiger partial charge is 0.252 e. The highest BCUT2D eigenvalue weighted by Crippen LogP contribution is 2.33. The van der Waals surface area contributed by atoms with Gasteiger partial charge in [0.1, 0.15) is 5.82 Å². The van der Waals surface area contributed by atoms with Crippen molar-refractivity contribution in [3.63, 3.8) is 0 Å². The van der Waals surface area contributed by atoms with Gasteiger partial charge in [0.05, 0.1) is 17.8 Å². The summed E-state index contributed by atoms with van der Waals surface area (Å²) in [6, 6.07) is 6.74. The van der Waals surface area contributed by atoms with Gasteiger partial charge in [-0.3, -0.25) is 14.7 Å².